The Kier molecular flexibility index (Phi) is 4.44. The Balaban J connectivity index is 2.18. The third-order valence-corrected chi connectivity index (χ3v) is 3.40. The van der Waals surface area contributed by atoms with E-state index < -0.39 is 13.1 Å². The lowest BCUT2D eigenvalue weighted by atomic mass is 10.1. The summed E-state index contributed by atoms with van der Waals surface area (Å²) in [6.45, 7) is -2.12. The lowest BCUT2D eigenvalue weighted by Crippen LogP contribution is -2.24. The fraction of sp³-hybridized carbons (Fsp3) is 0.333. The van der Waals surface area contributed by atoms with Crippen LogP contribution in [0.15, 0.2) is 48.5 Å². The molecule has 0 saturated heterocycles. The summed E-state index contributed by atoms with van der Waals surface area (Å²) in [4.78, 5) is 1.28. The fourth-order valence-electron chi connectivity index (χ4n) is 2.24. The maximum atomic E-state index is 10.5. The molecule has 22 heavy (non-hydrogen) atoms. The Bertz CT molecular complexity index is 677. The van der Waals surface area contributed by atoms with Crippen LogP contribution in [0.2, 0.25) is 0 Å². The lowest BCUT2D eigenvalue weighted by molar-refractivity contribution is 0.123. The zero-order valence-corrected chi connectivity index (χ0v) is 12.8. The number of aliphatic hydroxyl groups excluding tert-OH is 1. The van der Waals surface area contributed by atoms with Gasteiger partial charge in [-0.25, -0.2) is 0 Å². The van der Waals surface area contributed by atoms with Crippen molar-refractivity contribution >= 4 is 0 Å². The molecule has 0 spiro atoms. The molecular formula is C18H23NO3. The molecule has 0 unspecified atom stereocenters. The van der Waals surface area contributed by atoms with Gasteiger partial charge in [0, 0.05) is 17.2 Å². The number of methoxy groups -OCH3 is 2. The van der Waals surface area contributed by atoms with Gasteiger partial charge < -0.3 is 14.6 Å². The molecule has 0 aliphatic carbocycles. The van der Waals surface area contributed by atoms with Crippen molar-refractivity contribution in [3.63, 3.8) is 0 Å². The number of benzene rings is 2. The quantitative estimate of drug-likeness (QED) is 0.854. The SMILES string of the molecule is [2H]C([2H])([2H])N(Cc1ccccc1)C[C@H](O)c1ccc(OC)c(OC)c1. The number of rotatable bonds is 7. The van der Waals surface area contributed by atoms with Gasteiger partial charge in [-0.3, -0.25) is 4.90 Å². The number of hydrogen-bond donors (Lipinski definition) is 1. The van der Waals surface area contributed by atoms with Crippen LogP contribution in [0.3, 0.4) is 0 Å². The zero-order valence-electron chi connectivity index (χ0n) is 15.8. The van der Waals surface area contributed by atoms with Gasteiger partial charge in [0.25, 0.3) is 0 Å². The molecule has 0 amide bonds. The van der Waals surface area contributed by atoms with Crippen LogP contribution in [-0.2, 0) is 6.54 Å². The molecule has 0 heterocycles. The van der Waals surface area contributed by atoms with E-state index in [2.05, 4.69) is 0 Å². The molecule has 2 rings (SSSR count). The zero-order chi connectivity index (χ0) is 18.4. The number of hydrogen-bond acceptors (Lipinski definition) is 4. The number of ether oxygens (including phenoxy) is 2. The van der Waals surface area contributed by atoms with E-state index in [1.165, 1.54) is 19.1 Å². The fourth-order valence-corrected chi connectivity index (χ4v) is 2.24. The second kappa shape index (κ2) is 7.82. The van der Waals surface area contributed by atoms with Crippen molar-refractivity contribution in [2.75, 3.05) is 27.7 Å². The monoisotopic (exact) mass is 304 g/mol. The minimum atomic E-state index is -2.31. The highest BCUT2D eigenvalue weighted by Crippen LogP contribution is 2.30. The molecule has 0 saturated carbocycles. The first-order chi connectivity index (χ1) is 11.8. The first kappa shape index (κ1) is 12.5. The van der Waals surface area contributed by atoms with Crippen LogP contribution in [0.5, 0.6) is 11.5 Å². The number of aliphatic hydroxyl groups is 1. The van der Waals surface area contributed by atoms with Crippen molar-refractivity contribution in [2.45, 2.75) is 12.6 Å². The van der Waals surface area contributed by atoms with Crippen LogP contribution in [0.4, 0.5) is 0 Å². The van der Waals surface area contributed by atoms with Crippen molar-refractivity contribution in [3.8, 4) is 11.5 Å². The maximum absolute atomic E-state index is 10.5. The van der Waals surface area contributed by atoms with Gasteiger partial charge in [-0.15, -0.1) is 0 Å². The largest absolute Gasteiger partial charge is 0.493 e. The van der Waals surface area contributed by atoms with Crippen molar-refractivity contribution in [1.29, 1.82) is 0 Å². The predicted octanol–water partition coefficient (Wildman–Crippen LogP) is 2.87. The number of likely N-dealkylation sites (N-methyl/N-ethyl adjacent to an activating group) is 1. The molecule has 1 N–H and O–H groups in total. The third kappa shape index (κ3) is 4.23. The van der Waals surface area contributed by atoms with Crippen molar-refractivity contribution in [2.24, 2.45) is 0 Å². The molecule has 4 nitrogen and oxygen atoms in total. The Labute approximate surface area is 136 Å². The van der Waals surface area contributed by atoms with E-state index in [1.54, 1.807) is 18.2 Å². The van der Waals surface area contributed by atoms with Crippen molar-refractivity contribution in [3.05, 3.63) is 59.7 Å². The molecule has 118 valence electrons. The minimum absolute atomic E-state index is 0.0269. The molecule has 4 heteroatoms. The average Bonchev–Trinajstić information content (AvgIpc) is 2.60. The van der Waals surface area contributed by atoms with Crippen LogP contribution in [-0.4, -0.2) is 37.7 Å². The molecule has 1 atom stereocenters. The summed E-state index contributed by atoms with van der Waals surface area (Å²) in [6.07, 6.45) is -0.969. The second-order valence-corrected chi connectivity index (χ2v) is 5.00. The van der Waals surface area contributed by atoms with Gasteiger partial charge in [0.1, 0.15) is 0 Å². The van der Waals surface area contributed by atoms with Crippen LogP contribution in [0.25, 0.3) is 0 Å². The van der Waals surface area contributed by atoms with Gasteiger partial charge in [-0.2, -0.15) is 0 Å². The molecule has 0 fully saturated rings. The van der Waals surface area contributed by atoms with Gasteiger partial charge in [0.2, 0.25) is 0 Å². The van der Waals surface area contributed by atoms with E-state index in [1.807, 2.05) is 30.3 Å². The van der Waals surface area contributed by atoms with Gasteiger partial charge in [0.05, 0.1) is 20.3 Å². The van der Waals surface area contributed by atoms with Gasteiger partial charge in [0.15, 0.2) is 11.5 Å². The highest BCUT2D eigenvalue weighted by Gasteiger charge is 2.14. The van der Waals surface area contributed by atoms with Crippen LogP contribution < -0.4 is 9.47 Å². The topological polar surface area (TPSA) is 41.9 Å². The van der Waals surface area contributed by atoms with E-state index in [9.17, 15) is 5.11 Å². The highest BCUT2D eigenvalue weighted by molar-refractivity contribution is 5.43. The summed E-state index contributed by atoms with van der Waals surface area (Å²) in [5.41, 5.74) is 1.44. The van der Waals surface area contributed by atoms with Crippen LogP contribution in [0.1, 0.15) is 21.3 Å². The van der Waals surface area contributed by atoms with Gasteiger partial charge in [-0.05, 0) is 30.2 Å². The molecule has 0 aliphatic heterocycles. The first-order valence-electron chi connectivity index (χ1n) is 8.54. The molecule has 0 aliphatic rings. The van der Waals surface area contributed by atoms with Crippen LogP contribution in [0, 0.1) is 0 Å². The molecular weight excluding hydrogens is 278 g/mol. The van der Waals surface area contributed by atoms with Crippen molar-refractivity contribution in [1.82, 2.24) is 4.90 Å². The summed E-state index contributed by atoms with van der Waals surface area (Å²) < 4.78 is 33.6. The summed E-state index contributed by atoms with van der Waals surface area (Å²) in [5, 5.41) is 10.5. The van der Waals surface area contributed by atoms with E-state index >= 15 is 0 Å². The second-order valence-electron chi connectivity index (χ2n) is 5.00. The normalized spacial score (nSPS) is 14.8. The number of nitrogens with zero attached hydrogens (tertiary/aromatic N) is 1. The van der Waals surface area contributed by atoms with E-state index in [0.29, 0.717) is 17.1 Å². The molecule has 0 bridgehead atoms. The summed E-state index contributed by atoms with van der Waals surface area (Å²) in [5.74, 6) is 1.04. The summed E-state index contributed by atoms with van der Waals surface area (Å²) in [7, 11) is 3.04. The Morgan fingerprint density at radius 2 is 1.82 bits per heavy atom. The molecule has 0 radical (unpaired) electrons. The predicted molar refractivity (Wildman–Crippen MR) is 87.3 cm³/mol. The Morgan fingerprint density at radius 1 is 1.09 bits per heavy atom. The van der Waals surface area contributed by atoms with Crippen LogP contribution >= 0.6 is 0 Å². The third-order valence-electron chi connectivity index (χ3n) is 3.40. The van der Waals surface area contributed by atoms with E-state index in [0.717, 1.165) is 5.56 Å². The lowest BCUT2D eigenvalue weighted by Gasteiger charge is -2.21. The Hall–Kier alpha value is -2.04. The Morgan fingerprint density at radius 3 is 2.45 bits per heavy atom. The van der Waals surface area contributed by atoms with E-state index in [4.69, 9.17) is 13.6 Å². The maximum Gasteiger partial charge on any atom is 0.161 e. The average molecular weight is 304 g/mol. The van der Waals surface area contributed by atoms with Gasteiger partial charge in [-0.1, -0.05) is 36.4 Å². The summed E-state index contributed by atoms with van der Waals surface area (Å²) >= 11 is 0. The highest BCUT2D eigenvalue weighted by atomic mass is 16.5. The minimum Gasteiger partial charge on any atom is -0.493 e. The first-order valence-corrected chi connectivity index (χ1v) is 7.04. The molecule has 2 aromatic rings. The molecule has 0 aromatic heterocycles. The van der Waals surface area contributed by atoms with Gasteiger partial charge >= 0.3 is 0 Å². The smallest absolute Gasteiger partial charge is 0.161 e. The molecule has 2 aromatic carbocycles. The van der Waals surface area contributed by atoms with Crippen molar-refractivity contribution < 1.29 is 18.7 Å². The summed E-state index contributed by atoms with van der Waals surface area (Å²) in [6, 6.07) is 14.4. The standard InChI is InChI=1S/C18H23NO3/c1-19(12-14-7-5-4-6-8-14)13-16(20)15-9-10-17(21-2)18(11-15)22-3/h4-11,16,20H,12-13H2,1-3H3/t16-/m0/s1/i1D3. The van der Waals surface area contributed by atoms with E-state index in [-0.39, 0.29) is 13.1 Å².